The minimum atomic E-state index is -0.684. The van der Waals surface area contributed by atoms with Crippen molar-refractivity contribution in [2.75, 3.05) is 20.8 Å². The molecule has 9 heteroatoms. The lowest BCUT2D eigenvalue weighted by atomic mass is 9.96. The van der Waals surface area contributed by atoms with Crippen LogP contribution in [0, 0.1) is 0 Å². The zero-order chi connectivity index (χ0) is 26.7. The quantitative estimate of drug-likeness (QED) is 0.420. The van der Waals surface area contributed by atoms with E-state index >= 15 is 0 Å². The summed E-state index contributed by atoms with van der Waals surface area (Å²) in [6.07, 6.45) is 1.81. The van der Waals surface area contributed by atoms with Gasteiger partial charge in [-0.25, -0.2) is 9.79 Å². The lowest BCUT2D eigenvalue weighted by molar-refractivity contribution is -0.139. The van der Waals surface area contributed by atoms with Crippen molar-refractivity contribution in [2.24, 2.45) is 4.99 Å². The number of carbonyl (C=O) groups is 1. The summed E-state index contributed by atoms with van der Waals surface area (Å²) >= 11 is 1.27. The topological polar surface area (TPSA) is 88.4 Å². The maximum absolute atomic E-state index is 13.8. The SMILES string of the molecule is CCOC(=O)C1=C(C)N=c2sc(=Cc3ccc(OC)c(OC)c3)c(=O)n2C1c1ccc(OC(C)C)cc1. The first kappa shape index (κ1) is 26.2. The molecule has 1 aliphatic rings. The molecule has 1 unspecified atom stereocenters. The summed E-state index contributed by atoms with van der Waals surface area (Å²) in [7, 11) is 3.13. The molecule has 8 nitrogen and oxygen atoms in total. The van der Waals surface area contributed by atoms with Crippen LogP contribution in [0.25, 0.3) is 6.08 Å². The van der Waals surface area contributed by atoms with Crippen LogP contribution in [-0.4, -0.2) is 37.5 Å². The third-order valence-corrected chi connectivity index (χ3v) is 6.77. The van der Waals surface area contributed by atoms with Crippen LogP contribution in [0.15, 0.2) is 63.5 Å². The molecule has 0 N–H and O–H groups in total. The van der Waals surface area contributed by atoms with E-state index in [0.29, 0.717) is 37.9 Å². The molecule has 3 aromatic rings. The Morgan fingerprint density at radius 2 is 1.81 bits per heavy atom. The summed E-state index contributed by atoms with van der Waals surface area (Å²) in [5, 5.41) is 0. The number of rotatable bonds is 8. The second kappa shape index (κ2) is 11.0. The predicted octanol–water partition coefficient (Wildman–Crippen LogP) is 3.60. The third kappa shape index (κ3) is 5.32. The molecular formula is C28H30N2O6S. The number of ether oxygens (including phenoxy) is 4. The normalized spacial score (nSPS) is 15.3. The average Bonchev–Trinajstić information content (AvgIpc) is 3.17. The number of fused-ring (bicyclic) bond motifs is 1. The number of methoxy groups -OCH3 is 2. The molecule has 0 aliphatic carbocycles. The van der Waals surface area contributed by atoms with Crippen LogP contribution in [0.5, 0.6) is 17.2 Å². The molecule has 0 saturated carbocycles. The first-order chi connectivity index (χ1) is 17.8. The molecule has 0 spiro atoms. The molecule has 2 aromatic carbocycles. The van der Waals surface area contributed by atoms with E-state index in [4.69, 9.17) is 18.9 Å². The second-order valence-corrected chi connectivity index (χ2v) is 9.66. The van der Waals surface area contributed by atoms with Gasteiger partial charge in [0.25, 0.3) is 5.56 Å². The second-order valence-electron chi connectivity index (χ2n) is 8.65. The summed E-state index contributed by atoms with van der Waals surface area (Å²) in [5.74, 6) is 1.37. The van der Waals surface area contributed by atoms with E-state index in [1.165, 1.54) is 11.3 Å². The maximum Gasteiger partial charge on any atom is 0.338 e. The van der Waals surface area contributed by atoms with Gasteiger partial charge in [0, 0.05) is 0 Å². The fourth-order valence-electron chi connectivity index (χ4n) is 4.20. The van der Waals surface area contributed by atoms with Crippen molar-refractivity contribution in [3.05, 3.63) is 84.5 Å². The number of benzene rings is 2. The maximum atomic E-state index is 13.8. The van der Waals surface area contributed by atoms with Gasteiger partial charge in [0.1, 0.15) is 5.75 Å². The Morgan fingerprint density at radius 1 is 1.11 bits per heavy atom. The Bertz CT molecular complexity index is 1520. The van der Waals surface area contributed by atoms with Crippen molar-refractivity contribution in [1.29, 1.82) is 0 Å². The van der Waals surface area contributed by atoms with Gasteiger partial charge >= 0.3 is 5.97 Å². The highest BCUT2D eigenvalue weighted by Gasteiger charge is 2.33. The predicted molar refractivity (Wildman–Crippen MR) is 142 cm³/mol. The van der Waals surface area contributed by atoms with E-state index in [1.807, 2.05) is 44.2 Å². The Hall–Kier alpha value is -3.85. The van der Waals surface area contributed by atoms with E-state index < -0.39 is 12.0 Å². The number of esters is 1. The van der Waals surface area contributed by atoms with Crippen molar-refractivity contribution in [2.45, 2.75) is 39.8 Å². The Labute approximate surface area is 219 Å². The fraction of sp³-hybridized carbons (Fsp3) is 0.321. The highest BCUT2D eigenvalue weighted by atomic mass is 32.1. The lowest BCUT2D eigenvalue weighted by Crippen LogP contribution is -2.39. The highest BCUT2D eigenvalue weighted by Crippen LogP contribution is 2.32. The number of aromatic nitrogens is 1. The van der Waals surface area contributed by atoms with Gasteiger partial charge < -0.3 is 18.9 Å². The summed E-state index contributed by atoms with van der Waals surface area (Å²) in [4.78, 5) is 31.9. The monoisotopic (exact) mass is 522 g/mol. The van der Waals surface area contributed by atoms with Gasteiger partial charge in [-0.15, -0.1) is 0 Å². The molecule has 0 bridgehead atoms. The molecule has 0 radical (unpaired) electrons. The summed E-state index contributed by atoms with van der Waals surface area (Å²) < 4.78 is 23.9. The van der Waals surface area contributed by atoms with Gasteiger partial charge in [-0.3, -0.25) is 9.36 Å². The Kier molecular flexibility index (Phi) is 7.83. The molecule has 37 heavy (non-hydrogen) atoms. The van der Waals surface area contributed by atoms with Crippen molar-refractivity contribution < 1.29 is 23.7 Å². The molecule has 2 heterocycles. The zero-order valence-corrected chi connectivity index (χ0v) is 22.5. The van der Waals surface area contributed by atoms with Gasteiger partial charge in [0.05, 0.1) is 48.8 Å². The van der Waals surface area contributed by atoms with Gasteiger partial charge in [0.15, 0.2) is 16.3 Å². The van der Waals surface area contributed by atoms with Crippen LogP contribution < -0.4 is 29.1 Å². The van der Waals surface area contributed by atoms with Crippen LogP contribution in [0.3, 0.4) is 0 Å². The van der Waals surface area contributed by atoms with E-state index in [2.05, 4.69) is 4.99 Å². The number of carbonyl (C=O) groups excluding carboxylic acids is 1. The molecular weight excluding hydrogens is 492 g/mol. The average molecular weight is 523 g/mol. The van der Waals surface area contributed by atoms with Crippen molar-refractivity contribution >= 4 is 23.4 Å². The Balaban J connectivity index is 1.88. The standard InChI is InChI=1S/C28H30N2O6S/c1-7-35-27(32)24-17(4)29-28-30(25(24)19-9-11-20(12-10-19)36-16(2)3)26(31)23(37-28)15-18-8-13-21(33-5)22(14-18)34-6/h8-16,25H,7H2,1-6H3. The fourth-order valence-corrected chi connectivity index (χ4v) is 5.25. The van der Waals surface area contributed by atoms with E-state index in [9.17, 15) is 9.59 Å². The van der Waals surface area contributed by atoms with Crippen LogP contribution in [0.1, 0.15) is 44.9 Å². The molecule has 0 saturated heterocycles. The molecule has 194 valence electrons. The van der Waals surface area contributed by atoms with Crippen molar-refractivity contribution in [3.63, 3.8) is 0 Å². The van der Waals surface area contributed by atoms with E-state index in [-0.39, 0.29) is 18.3 Å². The van der Waals surface area contributed by atoms with Crippen LogP contribution in [0.2, 0.25) is 0 Å². The molecule has 0 fully saturated rings. The summed E-state index contributed by atoms with van der Waals surface area (Å²) in [6, 6.07) is 12.2. The van der Waals surface area contributed by atoms with E-state index in [0.717, 1.165) is 11.1 Å². The largest absolute Gasteiger partial charge is 0.493 e. The number of allylic oxidation sites excluding steroid dienone is 1. The zero-order valence-electron chi connectivity index (χ0n) is 21.7. The highest BCUT2D eigenvalue weighted by molar-refractivity contribution is 7.07. The summed E-state index contributed by atoms with van der Waals surface area (Å²) in [6.45, 7) is 7.64. The van der Waals surface area contributed by atoms with Gasteiger partial charge in [0.2, 0.25) is 0 Å². The minimum Gasteiger partial charge on any atom is -0.493 e. The first-order valence-electron chi connectivity index (χ1n) is 12.0. The summed E-state index contributed by atoms with van der Waals surface area (Å²) in [5.41, 5.74) is 2.14. The van der Waals surface area contributed by atoms with Crippen LogP contribution in [-0.2, 0) is 9.53 Å². The number of hydrogen-bond acceptors (Lipinski definition) is 8. The van der Waals surface area contributed by atoms with Crippen molar-refractivity contribution in [1.82, 2.24) is 4.57 Å². The molecule has 4 rings (SSSR count). The van der Waals surface area contributed by atoms with Crippen LogP contribution in [0.4, 0.5) is 0 Å². The molecule has 1 aromatic heterocycles. The minimum absolute atomic E-state index is 0.0253. The Morgan fingerprint density at radius 3 is 2.43 bits per heavy atom. The number of nitrogens with zero attached hydrogens (tertiary/aromatic N) is 2. The number of hydrogen-bond donors (Lipinski definition) is 0. The molecule has 1 atom stereocenters. The molecule has 0 amide bonds. The smallest absolute Gasteiger partial charge is 0.338 e. The third-order valence-electron chi connectivity index (χ3n) is 5.79. The van der Waals surface area contributed by atoms with Gasteiger partial charge in [-0.05, 0) is 69.2 Å². The molecule has 1 aliphatic heterocycles. The lowest BCUT2D eigenvalue weighted by Gasteiger charge is -2.25. The van der Waals surface area contributed by atoms with Gasteiger partial charge in [-0.2, -0.15) is 0 Å². The van der Waals surface area contributed by atoms with Crippen LogP contribution >= 0.6 is 11.3 Å². The van der Waals surface area contributed by atoms with Crippen molar-refractivity contribution in [3.8, 4) is 17.2 Å². The van der Waals surface area contributed by atoms with Gasteiger partial charge in [-0.1, -0.05) is 29.5 Å². The first-order valence-corrected chi connectivity index (χ1v) is 12.8. The number of thiazole rings is 1. The van der Waals surface area contributed by atoms with E-state index in [1.54, 1.807) is 50.8 Å².